The van der Waals surface area contributed by atoms with Crippen LogP contribution in [0.4, 0.5) is 0 Å². The van der Waals surface area contributed by atoms with Crippen molar-refractivity contribution in [3.63, 3.8) is 0 Å². The molecule has 0 bridgehead atoms. The molecule has 1 heterocycles. The minimum Gasteiger partial charge on any atom is -0.492 e. The van der Waals surface area contributed by atoms with Crippen molar-refractivity contribution in [2.75, 3.05) is 19.7 Å². The minimum atomic E-state index is -3.75. The molecular formula is C26H28N2O4S. The zero-order chi connectivity index (χ0) is 23.3. The van der Waals surface area contributed by atoms with E-state index in [9.17, 15) is 13.2 Å². The molecule has 3 aromatic rings. The third-order valence-corrected chi connectivity index (χ3v) is 7.65. The van der Waals surface area contributed by atoms with Gasteiger partial charge < -0.3 is 10.1 Å². The van der Waals surface area contributed by atoms with Gasteiger partial charge in [-0.3, -0.25) is 4.79 Å². The maximum absolute atomic E-state index is 13.3. The highest BCUT2D eigenvalue weighted by molar-refractivity contribution is 7.89. The molecule has 1 saturated heterocycles. The number of benzene rings is 3. The van der Waals surface area contributed by atoms with Gasteiger partial charge >= 0.3 is 0 Å². The van der Waals surface area contributed by atoms with Crippen molar-refractivity contribution in [1.82, 2.24) is 9.62 Å². The number of hydrogen-bond donors (Lipinski definition) is 1. The van der Waals surface area contributed by atoms with E-state index < -0.39 is 10.0 Å². The second-order valence-electron chi connectivity index (χ2n) is 7.93. The first-order valence-electron chi connectivity index (χ1n) is 11.2. The molecule has 1 fully saturated rings. The van der Waals surface area contributed by atoms with Gasteiger partial charge in [0.05, 0.1) is 12.6 Å². The number of rotatable bonds is 8. The lowest BCUT2D eigenvalue weighted by atomic mass is 9.98. The second kappa shape index (κ2) is 10.2. The van der Waals surface area contributed by atoms with Crippen molar-refractivity contribution in [2.45, 2.75) is 30.7 Å². The van der Waals surface area contributed by atoms with Crippen LogP contribution in [-0.2, 0) is 10.0 Å². The van der Waals surface area contributed by atoms with Crippen molar-refractivity contribution >= 4 is 15.9 Å². The van der Waals surface area contributed by atoms with Crippen molar-refractivity contribution in [3.05, 3.63) is 95.6 Å². The maximum atomic E-state index is 13.3. The van der Waals surface area contributed by atoms with Gasteiger partial charge in [0, 0.05) is 18.7 Å². The Morgan fingerprint density at radius 2 is 1.52 bits per heavy atom. The molecule has 1 aliphatic rings. The summed E-state index contributed by atoms with van der Waals surface area (Å²) in [5, 5.41) is 3.08. The number of nitrogens with one attached hydrogen (secondary N) is 1. The third kappa shape index (κ3) is 5.10. The molecule has 1 aliphatic heterocycles. The standard InChI is InChI=1S/C26H28N2O4S/c1-2-32-23-16-15-22(19-24(23)33(30,31)28-17-9-10-18-28)26(29)27-25(20-11-5-3-6-12-20)21-13-7-4-8-14-21/h3-8,11-16,19,25H,2,9-10,17-18H2,1H3,(H,27,29). The highest BCUT2D eigenvalue weighted by Gasteiger charge is 2.31. The van der Waals surface area contributed by atoms with Gasteiger partial charge in [0.15, 0.2) is 0 Å². The number of amides is 1. The highest BCUT2D eigenvalue weighted by Crippen LogP contribution is 2.31. The van der Waals surface area contributed by atoms with Gasteiger partial charge in [-0.15, -0.1) is 0 Å². The molecule has 0 atom stereocenters. The van der Waals surface area contributed by atoms with E-state index >= 15 is 0 Å². The Bertz CT molecular complexity index is 1150. The lowest BCUT2D eigenvalue weighted by molar-refractivity contribution is 0.0942. The zero-order valence-electron chi connectivity index (χ0n) is 18.6. The predicted molar refractivity (Wildman–Crippen MR) is 128 cm³/mol. The van der Waals surface area contributed by atoms with Gasteiger partial charge in [-0.25, -0.2) is 8.42 Å². The van der Waals surface area contributed by atoms with E-state index in [1.165, 1.54) is 10.4 Å². The SMILES string of the molecule is CCOc1ccc(C(=O)NC(c2ccccc2)c2ccccc2)cc1S(=O)(=O)N1CCCC1. The smallest absolute Gasteiger partial charge is 0.252 e. The van der Waals surface area contributed by atoms with Crippen LogP contribution in [0.15, 0.2) is 83.8 Å². The van der Waals surface area contributed by atoms with Gasteiger partial charge in [0.2, 0.25) is 10.0 Å². The summed E-state index contributed by atoms with van der Waals surface area (Å²) < 4.78 is 33.6. The Kier molecular flexibility index (Phi) is 7.11. The fourth-order valence-corrected chi connectivity index (χ4v) is 5.73. The predicted octanol–water partition coefficient (Wildman–Crippen LogP) is 4.39. The van der Waals surface area contributed by atoms with Gasteiger partial charge in [-0.05, 0) is 49.1 Å². The molecule has 6 nitrogen and oxygen atoms in total. The number of hydrogen-bond acceptors (Lipinski definition) is 4. The summed E-state index contributed by atoms with van der Waals surface area (Å²) in [5.41, 5.74) is 2.15. The molecule has 33 heavy (non-hydrogen) atoms. The van der Waals surface area contributed by atoms with Crippen LogP contribution in [0.2, 0.25) is 0 Å². The van der Waals surface area contributed by atoms with Crippen LogP contribution >= 0.6 is 0 Å². The van der Waals surface area contributed by atoms with E-state index in [4.69, 9.17) is 4.74 Å². The number of nitrogens with zero attached hydrogens (tertiary/aromatic N) is 1. The fourth-order valence-electron chi connectivity index (χ4n) is 4.06. The average Bonchev–Trinajstić information content (AvgIpc) is 3.40. The number of carbonyl (C=O) groups excluding carboxylic acids is 1. The van der Waals surface area contributed by atoms with Crippen molar-refractivity contribution in [3.8, 4) is 5.75 Å². The van der Waals surface area contributed by atoms with Crippen molar-refractivity contribution in [1.29, 1.82) is 0 Å². The Hall–Kier alpha value is -3.16. The largest absolute Gasteiger partial charge is 0.492 e. The van der Waals surface area contributed by atoms with Gasteiger partial charge in [0.25, 0.3) is 5.91 Å². The van der Waals surface area contributed by atoms with Gasteiger partial charge in [-0.2, -0.15) is 4.31 Å². The molecule has 0 saturated carbocycles. The summed E-state index contributed by atoms with van der Waals surface area (Å²) in [6.45, 7) is 3.10. The summed E-state index contributed by atoms with van der Waals surface area (Å²) in [5.74, 6) is -0.0859. The first kappa shape index (κ1) is 23.0. The molecule has 1 N–H and O–H groups in total. The summed E-state index contributed by atoms with van der Waals surface area (Å²) >= 11 is 0. The summed E-state index contributed by atoms with van der Waals surface area (Å²) in [7, 11) is -3.75. The van der Waals surface area contributed by atoms with E-state index in [2.05, 4.69) is 5.32 Å². The van der Waals surface area contributed by atoms with Crippen LogP contribution in [-0.4, -0.2) is 38.3 Å². The molecule has 0 unspecified atom stereocenters. The molecular weight excluding hydrogens is 436 g/mol. The quantitative estimate of drug-likeness (QED) is 0.537. The van der Waals surface area contributed by atoms with Crippen LogP contribution in [0.5, 0.6) is 5.75 Å². The lowest BCUT2D eigenvalue weighted by Gasteiger charge is -2.21. The van der Waals surface area contributed by atoms with E-state index in [1.54, 1.807) is 19.1 Å². The number of sulfonamides is 1. The molecule has 172 valence electrons. The third-order valence-electron chi connectivity index (χ3n) is 5.73. The van der Waals surface area contributed by atoms with Crippen LogP contribution < -0.4 is 10.1 Å². The molecule has 1 amide bonds. The second-order valence-corrected chi connectivity index (χ2v) is 9.84. The van der Waals surface area contributed by atoms with E-state index in [-0.39, 0.29) is 28.2 Å². The maximum Gasteiger partial charge on any atom is 0.252 e. The monoisotopic (exact) mass is 464 g/mol. The Balaban J connectivity index is 1.68. The van der Waals surface area contributed by atoms with Crippen molar-refractivity contribution in [2.24, 2.45) is 0 Å². The fraction of sp³-hybridized carbons (Fsp3) is 0.269. The summed E-state index contributed by atoms with van der Waals surface area (Å²) in [4.78, 5) is 13.3. The summed E-state index contributed by atoms with van der Waals surface area (Å²) in [6, 6.07) is 23.6. The first-order chi connectivity index (χ1) is 16.0. The van der Waals surface area contributed by atoms with Crippen LogP contribution in [0, 0.1) is 0 Å². The van der Waals surface area contributed by atoms with Gasteiger partial charge in [0.1, 0.15) is 10.6 Å². The molecule has 0 radical (unpaired) electrons. The molecule has 0 aromatic heterocycles. The summed E-state index contributed by atoms with van der Waals surface area (Å²) in [6.07, 6.45) is 1.67. The molecule has 0 spiro atoms. The van der Waals surface area contributed by atoms with Crippen LogP contribution in [0.3, 0.4) is 0 Å². The highest BCUT2D eigenvalue weighted by atomic mass is 32.2. The van der Waals surface area contributed by atoms with Crippen molar-refractivity contribution < 1.29 is 17.9 Å². The minimum absolute atomic E-state index is 0.0369. The average molecular weight is 465 g/mol. The number of carbonyl (C=O) groups is 1. The lowest BCUT2D eigenvalue weighted by Crippen LogP contribution is -2.31. The Morgan fingerprint density at radius 3 is 2.06 bits per heavy atom. The first-order valence-corrected chi connectivity index (χ1v) is 12.6. The molecule has 4 rings (SSSR count). The Labute approximate surface area is 195 Å². The normalized spacial score (nSPS) is 14.4. The molecule has 7 heteroatoms. The van der Waals surface area contributed by atoms with Crippen LogP contribution in [0.25, 0.3) is 0 Å². The van der Waals surface area contributed by atoms with E-state index in [1.807, 2.05) is 60.7 Å². The number of ether oxygens (including phenoxy) is 1. The zero-order valence-corrected chi connectivity index (χ0v) is 19.4. The van der Waals surface area contributed by atoms with Gasteiger partial charge in [-0.1, -0.05) is 60.7 Å². The Morgan fingerprint density at radius 1 is 0.939 bits per heavy atom. The molecule has 3 aromatic carbocycles. The van der Waals surface area contributed by atoms with Crippen LogP contribution in [0.1, 0.15) is 47.3 Å². The van der Waals surface area contributed by atoms with E-state index in [0.717, 1.165) is 24.0 Å². The van der Waals surface area contributed by atoms with E-state index in [0.29, 0.717) is 19.7 Å². The topological polar surface area (TPSA) is 75.7 Å². The molecule has 0 aliphatic carbocycles.